The Kier molecular flexibility index (Phi) is 4.33. The summed E-state index contributed by atoms with van der Waals surface area (Å²) in [6.07, 6.45) is 3.29. The Bertz CT molecular complexity index is 1100. The summed E-state index contributed by atoms with van der Waals surface area (Å²) in [6, 6.07) is 9.30. The fourth-order valence-corrected chi connectivity index (χ4v) is 2.92. The third kappa shape index (κ3) is 3.39. The Morgan fingerprint density at radius 1 is 1.19 bits per heavy atom. The quantitative estimate of drug-likeness (QED) is 0.587. The summed E-state index contributed by atoms with van der Waals surface area (Å²) >= 11 is 5.93. The van der Waals surface area contributed by atoms with Crippen molar-refractivity contribution in [3.63, 3.8) is 0 Å². The van der Waals surface area contributed by atoms with Crippen LogP contribution in [0.15, 0.2) is 42.7 Å². The number of carbonyl (C=O) groups is 1. The molecule has 8 nitrogen and oxygen atoms in total. The Balaban J connectivity index is 1.57. The average Bonchev–Trinajstić information content (AvgIpc) is 3.20. The van der Waals surface area contributed by atoms with Gasteiger partial charge in [-0.15, -0.1) is 5.10 Å². The summed E-state index contributed by atoms with van der Waals surface area (Å²) in [5.74, 6) is 0.0187. The zero-order valence-corrected chi connectivity index (χ0v) is 15.5. The molecular formula is C18H16ClN7O. The van der Waals surface area contributed by atoms with Crippen LogP contribution in [0.1, 0.15) is 27.6 Å². The lowest BCUT2D eigenvalue weighted by atomic mass is 10.2. The number of amides is 1. The zero-order valence-electron chi connectivity index (χ0n) is 14.7. The molecule has 0 unspecified atom stereocenters. The lowest BCUT2D eigenvalue weighted by Gasteiger charge is -2.06. The van der Waals surface area contributed by atoms with Gasteiger partial charge in [-0.3, -0.25) is 9.48 Å². The highest BCUT2D eigenvalue weighted by atomic mass is 35.5. The van der Waals surface area contributed by atoms with E-state index >= 15 is 0 Å². The highest BCUT2D eigenvalue weighted by molar-refractivity contribution is 6.30. The lowest BCUT2D eigenvalue weighted by molar-refractivity contribution is 0.101. The molecule has 0 aliphatic carbocycles. The van der Waals surface area contributed by atoms with Gasteiger partial charge in [0.2, 0.25) is 5.82 Å². The van der Waals surface area contributed by atoms with Gasteiger partial charge in [-0.2, -0.15) is 10.1 Å². The van der Waals surface area contributed by atoms with Crippen LogP contribution in [0.3, 0.4) is 0 Å². The monoisotopic (exact) mass is 381 g/mol. The molecule has 4 rings (SSSR count). The highest BCUT2D eigenvalue weighted by Gasteiger charge is 2.18. The molecule has 4 aromatic rings. The van der Waals surface area contributed by atoms with E-state index in [2.05, 4.69) is 25.5 Å². The number of carbonyl (C=O) groups excluding carboxylic acids is 1. The summed E-state index contributed by atoms with van der Waals surface area (Å²) in [4.78, 5) is 20.8. The fourth-order valence-electron chi connectivity index (χ4n) is 2.79. The molecule has 27 heavy (non-hydrogen) atoms. The van der Waals surface area contributed by atoms with Crippen molar-refractivity contribution in [1.29, 1.82) is 0 Å². The van der Waals surface area contributed by atoms with Gasteiger partial charge in [-0.05, 0) is 37.6 Å². The number of anilines is 1. The number of benzene rings is 1. The van der Waals surface area contributed by atoms with E-state index in [0.29, 0.717) is 23.0 Å². The number of aromatic nitrogens is 6. The third-order valence-electron chi connectivity index (χ3n) is 4.19. The molecule has 3 aromatic heterocycles. The summed E-state index contributed by atoms with van der Waals surface area (Å²) in [5.41, 5.74) is 3.28. The maximum absolute atomic E-state index is 12.6. The molecule has 0 saturated heterocycles. The molecule has 136 valence electrons. The van der Waals surface area contributed by atoms with Gasteiger partial charge in [0.15, 0.2) is 0 Å². The van der Waals surface area contributed by atoms with Crippen molar-refractivity contribution in [2.75, 3.05) is 5.32 Å². The number of hydrogen-bond acceptors (Lipinski definition) is 5. The molecule has 0 aliphatic heterocycles. The van der Waals surface area contributed by atoms with Gasteiger partial charge in [0.1, 0.15) is 0 Å². The first-order valence-electron chi connectivity index (χ1n) is 8.28. The van der Waals surface area contributed by atoms with Crippen molar-refractivity contribution in [1.82, 2.24) is 29.4 Å². The highest BCUT2D eigenvalue weighted by Crippen LogP contribution is 2.21. The molecule has 0 fully saturated rings. The smallest absolute Gasteiger partial charge is 0.295 e. The van der Waals surface area contributed by atoms with Crippen molar-refractivity contribution in [2.45, 2.75) is 20.4 Å². The molecular weight excluding hydrogens is 366 g/mol. The third-order valence-corrected chi connectivity index (χ3v) is 4.44. The second kappa shape index (κ2) is 6.81. The molecule has 3 heterocycles. The Morgan fingerprint density at radius 2 is 1.96 bits per heavy atom. The molecule has 0 saturated carbocycles. The van der Waals surface area contributed by atoms with Crippen LogP contribution in [0.5, 0.6) is 0 Å². The number of aryl methyl sites for hydroxylation is 1. The van der Waals surface area contributed by atoms with E-state index in [0.717, 1.165) is 17.0 Å². The van der Waals surface area contributed by atoms with Crippen molar-refractivity contribution in [3.8, 4) is 0 Å². The summed E-state index contributed by atoms with van der Waals surface area (Å²) in [7, 11) is 0. The van der Waals surface area contributed by atoms with Crippen LogP contribution >= 0.6 is 11.6 Å². The lowest BCUT2D eigenvalue weighted by Crippen LogP contribution is -2.15. The molecule has 1 amide bonds. The van der Waals surface area contributed by atoms with Crippen LogP contribution in [0, 0.1) is 13.8 Å². The molecule has 0 atom stereocenters. The minimum Gasteiger partial charge on any atom is -0.316 e. The van der Waals surface area contributed by atoms with Gasteiger partial charge in [0.25, 0.3) is 11.7 Å². The number of nitrogens with zero attached hydrogens (tertiary/aromatic N) is 6. The topological polar surface area (TPSA) is 90.0 Å². The van der Waals surface area contributed by atoms with Crippen LogP contribution in [-0.2, 0) is 6.54 Å². The van der Waals surface area contributed by atoms with Crippen LogP contribution in [-0.4, -0.2) is 35.3 Å². The SMILES string of the molecule is Cc1nn(Cc2ccc(Cl)cc2)c(C)c1NC(=O)c1nc2ncccn2n1. The second-order valence-corrected chi connectivity index (χ2v) is 6.52. The number of hydrogen-bond donors (Lipinski definition) is 1. The Labute approximate surface area is 159 Å². The van der Waals surface area contributed by atoms with E-state index in [1.165, 1.54) is 4.52 Å². The van der Waals surface area contributed by atoms with Crippen molar-refractivity contribution in [2.24, 2.45) is 0 Å². The van der Waals surface area contributed by atoms with Crippen LogP contribution in [0.2, 0.25) is 5.02 Å². The molecule has 0 aliphatic rings. The molecule has 0 bridgehead atoms. The normalized spacial score (nSPS) is 11.1. The van der Waals surface area contributed by atoms with Gasteiger partial charge in [0, 0.05) is 17.4 Å². The van der Waals surface area contributed by atoms with Crippen LogP contribution in [0.25, 0.3) is 5.78 Å². The predicted octanol–water partition coefficient (Wildman–Crippen LogP) is 2.89. The second-order valence-electron chi connectivity index (χ2n) is 6.08. The standard InChI is InChI=1S/C18H16ClN7O/c1-11-15(12(2)26(23-11)10-13-4-6-14(19)7-5-13)21-17(27)16-22-18-20-8-3-9-25(18)24-16/h3-9H,10H2,1-2H3,(H,21,27). The Morgan fingerprint density at radius 3 is 2.70 bits per heavy atom. The molecule has 1 N–H and O–H groups in total. The summed E-state index contributed by atoms with van der Waals surface area (Å²) < 4.78 is 3.30. The average molecular weight is 382 g/mol. The summed E-state index contributed by atoms with van der Waals surface area (Å²) in [6.45, 7) is 4.33. The molecule has 1 aromatic carbocycles. The molecule has 0 radical (unpaired) electrons. The Hall–Kier alpha value is -3.26. The van der Waals surface area contributed by atoms with Gasteiger partial charge >= 0.3 is 0 Å². The van der Waals surface area contributed by atoms with Gasteiger partial charge in [-0.25, -0.2) is 9.50 Å². The number of rotatable bonds is 4. The maximum Gasteiger partial charge on any atom is 0.295 e. The van der Waals surface area contributed by atoms with E-state index in [4.69, 9.17) is 11.6 Å². The predicted molar refractivity (Wildman–Crippen MR) is 101 cm³/mol. The fraction of sp³-hybridized carbons (Fsp3) is 0.167. The van der Waals surface area contributed by atoms with E-state index in [9.17, 15) is 4.79 Å². The molecule has 0 spiro atoms. The number of nitrogens with one attached hydrogen (secondary N) is 1. The number of halogens is 1. The first-order valence-corrected chi connectivity index (χ1v) is 8.66. The van der Waals surface area contributed by atoms with Crippen molar-refractivity contribution in [3.05, 3.63) is 70.5 Å². The maximum atomic E-state index is 12.6. The first-order chi connectivity index (χ1) is 13.0. The largest absolute Gasteiger partial charge is 0.316 e. The van der Waals surface area contributed by atoms with Gasteiger partial charge < -0.3 is 5.32 Å². The van der Waals surface area contributed by atoms with Crippen LogP contribution in [0.4, 0.5) is 5.69 Å². The van der Waals surface area contributed by atoms with E-state index in [-0.39, 0.29) is 5.82 Å². The van der Waals surface area contributed by atoms with Gasteiger partial charge in [0.05, 0.1) is 23.6 Å². The van der Waals surface area contributed by atoms with Crippen LogP contribution < -0.4 is 5.32 Å². The minimum absolute atomic E-state index is 0.0537. The number of fused-ring (bicyclic) bond motifs is 1. The van der Waals surface area contributed by atoms with E-state index < -0.39 is 5.91 Å². The van der Waals surface area contributed by atoms with E-state index in [1.807, 2.05) is 42.8 Å². The zero-order chi connectivity index (χ0) is 19.0. The van der Waals surface area contributed by atoms with Crippen molar-refractivity contribution < 1.29 is 4.79 Å². The van der Waals surface area contributed by atoms with E-state index in [1.54, 1.807) is 18.5 Å². The minimum atomic E-state index is -0.405. The van der Waals surface area contributed by atoms with Gasteiger partial charge in [-0.1, -0.05) is 23.7 Å². The van der Waals surface area contributed by atoms with Crippen molar-refractivity contribution >= 4 is 29.0 Å². The first kappa shape index (κ1) is 17.2. The summed E-state index contributed by atoms with van der Waals surface area (Å²) in [5, 5.41) is 12.2. The molecule has 9 heteroatoms.